The standard InChI is InChI=1S/C11H23NO2/c1-4-5-11(3,13)7-12-6-10(2)8-14-9-10/h12-13H,4-9H2,1-3H3. The number of ether oxygens (including phenoxy) is 1. The Kier molecular flexibility index (Phi) is 3.93. The average molecular weight is 201 g/mol. The lowest BCUT2D eigenvalue weighted by Gasteiger charge is -2.39. The van der Waals surface area contributed by atoms with Gasteiger partial charge >= 0.3 is 0 Å². The topological polar surface area (TPSA) is 41.5 Å². The SMILES string of the molecule is CCCC(C)(O)CNCC1(C)COC1. The lowest BCUT2D eigenvalue weighted by molar-refractivity contribution is -0.101. The molecule has 0 radical (unpaired) electrons. The van der Waals surface area contributed by atoms with Gasteiger partial charge in [-0.2, -0.15) is 0 Å². The molecule has 0 saturated carbocycles. The van der Waals surface area contributed by atoms with Gasteiger partial charge in [-0.3, -0.25) is 0 Å². The zero-order valence-corrected chi connectivity index (χ0v) is 9.60. The molecule has 1 fully saturated rings. The highest BCUT2D eigenvalue weighted by Crippen LogP contribution is 2.25. The summed E-state index contributed by atoms with van der Waals surface area (Å²) in [6.07, 6.45) is 1.88. The van der Waals surface area contributed by atoms with E-state index >= 15 is 0 Å². The van der Waals surface area contributed by atoms with Crippen LogP contribution in [0.1, 0.15) is 33.6 Å². The minimum atomic E-state index is -0.560. The second-order valence-electron chi connectivity index (χ2n) is 5.15. The van der Waals surface area contributed by atoms with Gasteiger partial charge in [-0.1, -0.05) is 20.3 Å². The first kappa shape index (κ1) is 12.0. The number of hydrogen-bond acceptors (Lipinski definition) is 3. The van der Waals surface area contributed by atoms with Gasteiger partial charge in [-0.05, 0) is 13.3 Å². The molecule has 3 heteroatoms. The van der Waals surface area contributed by atoms with E-state index in [0.717, 1.165) is 32.6 Å². The van der Waals surface area contributed by atoms with Gasteiger partial charge in [-0.15, -0.1) is 0 Å². The largest absolute Gasteiger partial charge is 0.389 e. The van der Waals surface area contributed by atoms with Crippen LogP contribution in [0.3, 0.4) is 0 Å². The molecule has 0 aromatic rings. The van der Waals surface area contributed by atoms with Gasteiger partial charge in [0.05, 0.1) is 18.8 Å². The molecule has 0 amide bonds. The highest BCUT2D eigenvalue weighted by Gasteiger charge is 2.33. The summed E-state index contributed by atoms with van der Waals surface area (Å²) < 4.78 is 5.17. The van der Waals surface area contributed by atoms with Gasteiger partial charge in [0.1, 0.15) is 0 Å². The highest BCUT2D eigenvalue weighted by molar-refractivity contribution is 4.84. The first-order valence-corrected chi connectivity index (χ1v) is 5.48. The predicted octanol–water partition coefficient (Wildman–Crippen LogP) is 1.16. The molecular formula is C11H23NO2. The molecule has 1 rings (SSSR count). The summed E-state index contributed by atoms with van der Waals surface area (Å²) in [5.74, 6) is 0. The zero-order valence-electron chi connectivity index (χ0n) is 9.60. The highest BCUT2D eigenvalue weighted by atomic mass is 16.5. The molecule has 0 aromatic carbocycles. The Labute approximate surface area is 86.8 Å². The van der Waals surface area contributed by atoms with E-state index in [2.05, 4.69) is 19.2 Å². The van der Waals surface area contributed by atoms with Crippen LogP contribution in [0.2, 0.25) is 0 Å². The van der Waals surface area contributed by atoms with Crippen LogP contribution < -0.4 is 5.32 Å². The molecule has 2 N–H and O–H groups in total. The molecule has 3 nitrogen and oxygen atoms in total. The van der Waals surface area contributed by atoms with Crippen LogP contribution in [0.5, 0.6) is 0 Å². The molecule has 1 unspecified atom stereocenters. The minimum Gasteiger partial charge on any atom is -0.389 e. The van der Waals surface area contributed by atoms with E-state index in [4.69, 9.17) is 4.74 Å². The Hall–Kier alpha value is -0.120. The molecule has 0 aliphatic carbocycles. The molecule has 84 valence electrons. The molecular weight excluding hydrogens is 178 g/mol. The van der Waals surface area contributed by atoms with Crippen LogP contribution >= 0.6 is 0 Å². The van der Waals surface area contributed by atoms with Crippen LogP contribution in [0, 0.1) is 5.41 Å². The second kappa shape index (κ2) is 4.60. The van der Waals surface area contributed by atoms with E-state index in [1.165, 1.54) is 0 Å². The lowest BCUT2D eigenvalue weighted by atomic mass is 9.88. The van der Waals surface area contributed by atoms with Gasteiger partial charge in [0.15, 0.2) is 0 Å². The molecule has 1 saturated heterocycles. The van der Waals surface area contributed by atoms with Crippen LogP contribution in [0.15, 0.2) is 0 Å². The Balaban J connectivity index is 2.13. The minimum absolute atomic E-state index is 0.294. The maximum Gasteiger partial charge on any atom is 0.0743 e. The van der Waals surface area contributed by atoms with E-state index in [0.29, 0.717) is 12.0 Å². The molecule has 1 atom stereocenters. The lowest BCUT2D eigenvalue weighted by Crippen LogP contribution is -2.50. The molecule has 0 bridgehead atoms. The van der Waals surface area contributed by atoms with Gasteiger partial charge in [0, 0.05) is 18.5 Å². The summed E-state index contributed by atoms with van der Waals surface area (Å²) >= 11 is 0. The first-order chi connectivity index (χ1) is 6.47. The summed E-state index contributed by atoms with van der Waals surface area (Å²) in [6, 6.07) is 0. The molecule has 1 aliphatic heterocycles. The Morgan fingerprint density at radius 2 is 2.14 bits per heavy atom. The van der Waals surface area contributed by atoms with Crippen molar-refractivity contribution < 1.29 is 9.84 Å². The summed E-state index contributed by atoms with van der Waals surface area (Å²) in [4.78, 5) is 0. The molecule has 0 aromatic heterocycles. The van der Waals surface area contributed by atoms with Gasteiger partial charge < -0.3 is 15.2 Å². The third-order valence-electron chi connectivity index (χ3n) is 2.75. The smallest absolute Gasteiger partial charge is 0.0743 e. The van der Waals surface area contributed by atoms with Crippen molar-refractivity contribution in [2.24, 2.45) is 5.41 Å². The van der Waals surface area contributed by atoms with Crippen molar-refractivity contribution in [2.75, 3.05) is 26.3 Å². The van der Waals surface area contributed by atoms with Gasteiger partial charge in [0.2, 0.25) is 0 Å². The summed E-state index contributed by atoms with van der Waals surface area (Å²) in [6.45, 7) is 9.49. The molecule has 14 heavy (non-hydrogen) atoms. The maximum atomic E-state index is 9.91. The van der Waals surface area contributed by atoms with Crippen LogP contribution in [0.25, 0.3) is 0 Å². The third kappa shape index (κ3) is 3.56. The summed E-state index contributed by atoms with van der Waals surface area (Å²) in [5.41, 5.74) is -0.266. The fourth-order valence-electron chi connectivity index (χ4n) is 1.81. The normalized spacial score (nSPS) is 24.0. The van der Waals surface area contributed by atoms with Crippen molar-refractivity contribution in [3.05, 3.63) is 0 Å². The first-order valence-electron chi connectivity index (χ1n) is 5.48. The Morgan fingerprint density at radius 1 is 1.50 bits per heavy atom. The molecule has 0 spiro atoms. The van der Waals surface area contributed by atoms with E-state index in [9.17, 15) is 5.11 Å². The van der Waals surface area contributed by atoms with E-state index in [1.807, 2.05) is 6.92 Å². The maximum absolute atomic E-state index is 9.91. The number of aliphatic hydroxyl groups is 1. The molecule has 1 heterocycles. The number of rotatable bonds is 6. The van der Waals surface area contributed by atoms with Gasteiger partial charge in [-0.25, -0.2) is 0 Å². The fourth-order valence-corrected chi connectivity index (χ4v) is 1.81. The monoisotopic (exact) mass is 201 g/mol. The zero-order chi connectivity index (χ0) is 10.7. The van der Waals surface area contributed by atoms with E-state index in [-0.39, 0.29) is 0 Å². The van der Waals surface area contributed by atoms with Crippen molar-refractivity contribution >= 4 is 0 Å². The van der Waals surface area contributed by atoms with Crippen molar-refractivity contribution in [3.63, 3.8) is 0 Å². The van der Waals surface area contributed by atoms with Crippen LogP contribution in [0.4, 0.5) is 0 Å². The van der Waals surface area contributed by atoms with E-state index in [1.54, 1.807) is 0 Å². The summed E-state index contributed by atoms with van der Waals surface area (Å²) in [5, 5.41) is 13.2. The van der Waals surface area contributed by atoms with Gasteiger partial charge in [0.25, 0.3) is 0 Å². The molecule has 1 aliphatic rings. The summed E-state index contributed by atoms with van der Waals surface area (Å²) in [7, 11) is 0. The third-order valence-corrected chi connectivity index (χ3v) is 2.75. The van der Waals surface area contributed by atoms with Crippen LogP contribution in [-0.2, 0) is 4.74 Å². The van der Waals surface area contributed by atoms with Crippen LogP contribution in [-0.4, -0.2) is 37.0 Å². The fraction of sp³-hybridized carbons (Fsp3) is 1.00. The quantitative estimate of drug-likeness (QED) is 0.677. The van der Waals surface area contributed by atoms with Crippen molar-refractivity contribution in [1.82, 2.24) is 5.32 Å². The average Bonchev–Trinajstić information content (AvgIpc) is 2.00. The predicted molar refractivity (Wildman–Crippen MR) is 57.3 cm³/mol. The second-order valence-corrected chi connectivity index (χ2v) is 5.15. The number of hydrogen-bond donors (Lipinski definition) is 2. The van der Waals surface area contributed by atoms with Crippen molar-refractivity contribution in [1.29, 1.82) is 0 Å². The van der Waals surface area contributed by atoms with E-state index < -0.39 is 5.60 Å². The Bertz CT molecular complexity index is 176. The van der Waals surface area contributed by atoms with Crippen molar-refractivity contribution in [2.45, 2.75) is 39.2 Å². The van der Waals surface area contributed by atoms with Crippen molar-refractivity contribution in [3.8, 4) is 0 Å². The Morgan fingerprint density at radius 3 is 2.57 bits per heavy atom. The number of nitrogens with one attached hydrogen (secondary N) is 1.